The monoisotopic (exact) mass is 176 g/mol. The number of hydrogen-bond acceptors (Lipinski definition) is 2. The van der Waals surface area contributed by atoms with Crippen LogP contribution in [-0.4, -0.2) is 13.1 Å². The van der Waals surface area contributed by atoms with Crippen molar-refractivity contribution in [3.8, 4) is 0 Å². The highest BCUT2D eigenvalue weighted by molar-refractivity contribution is 5.50. The van der Waals surface area contributed by atoms with E-state index in [1.807, 2.05) is 6.07 Å². The lowest BCUT2D eigenvalue weighted by Crippen LogP contribution is -2.09. The molecule has 1 aromatic carbocycles. The minimum Gasteiger partial charge on any atom is -0.398 e. The van der Waals surface area contributed by atoms with Gasteiger partial charge in [0.2, 0.25) is 0 Å². The van der Waals surface area contributed by atoms with Gasteiger partial charge in [-0.1, -0.05) is 17.7 Å². The molecular weight excluding hydrogens is 160 g/mol. The Bertz CT molecular complexity index is 301. The zero-order valence-electron chi connectivity index (χ0n) is 8.01. The lowest BCUT2D eigenvalue weighted by atomic mass is 9.95. The van der Waals surface area contributed by atoms with Crippen LogP contribution in [0, 0.1) is 6.92 Å². The molecule has 13 heavy (non-hydrogen) atoms. The second kappa shape index (κ2) is 3.38. The summed E-state index contributed by atoms with van der Waals surface area (Å²) in [5.41, 5.74) is 9.51. The van der Waals surface area contributed by atoms with Gasteiger partial charge in [0.1, 0.15) is 0 Å². The third-order valence-electron chi connectivity index (χ3n) is 2.74. The van der Waals surface area contributed by atoms with Gasteiger partial charge in [-0.05, 0) is 37.4 Å². The van der Waals surface area contributed by atoms with E-state index in [0.717, 1.165) is 18.8 Å². The van der Waals surface area contributed by atoms with E-state index in [-0.39, 0.29) is 0 Å². The van der Waals surface area contributed by atoms with Crippen molar-refractivity contribution in [3.05, 3.63) is 29.3 Å². The molecule has 0 radical (unpaired) electrons. The molecule has 1 atom stereocenters. The first-order valence-corrected chi connectivity index (χ1v) is 4.84. The van der Waals surface area contributed by atoms with Gasteiger partial charge >= 0.3 is 0 Å². The van der Waals surface area contributed by atoms with E-state index < -0.39 is 0 Å². The van der Waals surface area contributed by atoms with Crippen LogP contribution in [0.5, 0.6) is 0 Å². The van der Waals surface area contributed by atoms with Crippen molar-refractivity contribution < 1.29 is 0 Å². The third kappa shape index (κ3) is 1.68. The van der Waals surface area contributed by atoms with Gasteiger partial charge in [-0.2, -0.15) is 0 Å². The Morgan fingerprint density at radius 3 is 3.00 bits per heavy atom. The molecule has 1 fully saturated rings. The molecule has 0 saturated carbocycles. The highest BCUT2D eigenvalue weighted by Crippen LogP contribution is 2.27. The van der Waals surface area contributed by atoms with Crippen LogP contribution in [0.1, 0.15) is 23.5 Å². The molecule has 1 aliphatic heterocycles. The number of nitrogen functional groups attached to an aromatic ring is 1. The summed E-state index contributed by atoms with van der Waals surface area (Å²) in [5.74, 6) is 0.625. The van der Waals surface area contributed by atoms with Gasteiger partial charge in [-0.3, -0.25) is 0 Å². The summed E-state index contributed by atoms with van der Waals surface area (Å²) >= 11 is 0. The van der Waals surface area contributed by atoms with E-state index in [4.69, 9.17) is 5.73 Å². The summed E-state index contributed by atoms with van der Waals surface area (Å²) in [5, 5.41) is 3.36. The van der Waals surface area contributed by atoms with Crippen LogP contribution in [0.3, 0.4) is 0 Å². The Morgan fingerprint density at radius 2 is 2.31 bits per heavy atom. The lowest BCUT2D eigenvalue weighted by molar-refractivity contribution is 0.765. The van der Waals surface area contributed by atoms with Crippen LogP contribution >= 0.6 is 0 Å². The Morgan fingerprint density at radius 1 is 1.46 bits per heavy atom. The molecular formula is C11H16N2. The molecule has 1 aromatic rings. The fourth-order valence-electron chi connectivity index (χ4n) is 1.97. The number of nitrogens with two attached hydrogens (primary N) is 1. The van der Waals surface area contributed by atoms with E-state index >= 15 is 0 Å². The Kier molecular flexibility index (Phi) is 2.23. The standard InChI is InChI=1S/C11H16N2/c1-8-2-3-11(12)10(6-8)9-4-5-13-7-9/h2-3,6,9,13H,4-5,7,12H2,1H3. The summed E-state index contributed by atoms with van der Waals surface area (Å²) in [4.78, 5) is 0. The Labute approximate surface area is 79.1 Å². The predicted octanol–water partition coefficient (Wildman–Crippen LogP) is 1.65. The molecule has 1 heterocycles. The Balaban J connectivity index is 2.32. The van der Waals surface area contributed by atoms with Crippen molar-refractivity contribution >= 4 is 5.69 Å². The molecule has 1 aliphatic rings. The van der Waals surface area contributed by atoms with Crippen molar-refractivity contribution in [1.82, 2.24) is 5.32 Å². The van der Waals surface area contributed by atoms with Gasteiger partial charge < -0.3 is 11.1 Å². The van der Waals surface area contributed by atoms with Crippen LogP contribution < -0.4 is 11.1 Å². The average Bonchev–Trinajstić information content (AvgIpc) is 2.61. The maximum Gasteiger partial charge on any atom is 0.0350 e. The van der Waals surface area contributed by atoms with Crippen LogP contribution in [0.2, 0.25) is 0 Å². The van der Waals surface area contributed by atoms with Crippen LogP contribution in [0.25, 0.3) is 0 Å². The summed E-state index contributed by atoms with van der Waals surface area (Å²) in [7, 11) is 0. The fraction of sp³-hybridized carbons (Fsp3) is 0.455. The minimum absolute atomic E-state index is 0.625. The number of nitrogens with one attached hydrogen (secondary N) is 1. The largest absolute Gasteiger partial charge is 0.398 e. The van der Waals surface area contributed by atoms with Crippen LogP contribution in [-0.2, 0) is 0 Å². The van der Waals surface area contributed by atoms with E-state index in [1.165, 1.54) is 17.5 Å². The molecule has 2 rings (SSSR count). The summed E-state index contributed by atoms with van der Waals surface area (Å²) in [6.07, 6.45) is 1.22. The third-order valence-corrected chi connectivity index (χ3v) is 2.74. The van der Waals surface area contributed by atoms with Crippen molar-refractivity contribution in [1.29, 1.82) is 0 Å². The molecule has 1 unspecified atom stereocenters. The van der Waals surface area contributed by atoms with Crippen LogP contribution in [0.4, 0.5) is 5.69 Å². The summed E-state index contributed by atoms with van der Waals surface area (Å²) < 4.78 is 0. The quantitative estimate of drug-likeness (QED) is 0.638. The van der Waals surface area contributed by atoms with Crippen molar-refractivity contribution in [2.75, 3.05) is 18.8 Å². The molecule has 0 spiro atoms. The van der Waals surface area contributed by atoms with Crippen molar-refractivity contribution in [3.63, 3.8) is 0 Å². The van der Waals surface area contributed by atoms with Gasteiger partial charge in [0.05, 0.1) is 0 Å². The zero-order valence-corrected chi connectivity index (χ0v) is 8.01. The second-order valence-electron chi connectivity index (χ2n) is 3.82. The minimum atomic E-state index is 0.625. The van der Waals surface area contributed by atoms with Crippen molar-refractivity contribution in [2.24, 2.45) is 0 Å². The maximum atomic E-state index is 5.94. The van der Waals surface area contributed by atoms with E-state index in [9.17, 15) is 0 Å². The molecule has 0 aromatic heterocycles. The van der Waals surface area contributed by atoms with Gasteiger partial charge in [0.15, 0.2) is 0 Å². The number of rotatable bonds is 1. The predicted molar refractivity (Wildman–Crippen MR) is 55.8 cm³/mol. The normalized spacial score (nSPS) is 22.1. The molecule has 0 bridgehead atoms. The molecule has 0 aliphatic carbocycles. The first-order valence-electron chi connectivity index (χ1n) is 4.84. The first kappa shape index (κ1) is 8.57. The SMILES string of the molecule is Cc1ccc(N)c(C2CCNC2)c1. The summed E-state index contributed by atoms with van der Waals surface area (Å²) in [6.45, 7) is 4.32. The average molecular weight is 176 g/mol. The van der Waals surface area contributed by atoms with E-state index in [0.29, 0.717) is 5.92 Å². The van der Waals surface area contributed by atoms with E-state index in [1.54, 1.807) is 0 Å². The van der Waals surface area contributed by atoms with E-state index in [2.05, 4.69) is 24.4 Å². The number of benzene rings is 1. The topological polar surface area (TPSA) is 38.0 Å². The number of hydrogen-bond donors (Lipinski definition) is 2. The second-order valence-corrected chi connectivity index (χ2v) is 3.82. The lowest BCUT2D eigenvalue weighted by Gasteiger charge is -2.12. The van der Waals surface area contributed by atoms with Crippen LogP contribution in [0.15, 0.2) is 18.2 Å². The summed E-state index contributed by atoms with van der Waals surface area (Å²) in [6, 6.07) is 6.30. The Hall–Kier alpha value is -1.02. The fourth-order valence-corrected chi connectivity index (χ4v) is 1.97. The molecule has 1 saturated heterocycles. The molecule has 70 valence electrons. The first-order chi connectivity index (χ1) is 6.27. The number of aryl methyl sites for hydroxylation is 1. The van der Waals surface area contributed by atoms with Gasteiger partial charge in [0, 0.05) is 12.2 Å². The van der Waals surface area contributed by atoms with Gasteiger partial charge in [-0.15, -0.1) is 0 Å². The maximum absolute atomic E-state index is 5.94. The zero-order chi connectivity index (χ0) is 9.26. The highest BCUT2D eigenvalue weighted by atomic mass is 14.9. The van der Waals surface area contributed by atoms with Crippen molar-refractivity contribution in [2.45, 2.75) is 19.3 Å². The molecule has 2 heteroatoms. The number of anilines is 1. The molecule has 2 nitrogen and oxygen atoms in total. The van der Waals surface area contributed by atoms with Gasteiger partial charge in [0.25, 0.3) is 0 Å². The smallest absolute Gasteiger partial charge is 0.0350 e. The highest BCUT2D eigenvalue weighted by Gasteiger charge is 2.18. The molecule has 3 N–H and O–H groups in total. The van der Waals surface area contributed by atoms with Gasteiger partial charge in [-0.25, -0.2) is 0 Å². The molecule has 0 amide bonds.